The molecule has 0 spiro atoms. The molecule has 3 aromatic rings. The molecular weight excluding hydrogens is 364 g/mol. The van der Waals surface area contributed by atoms with Crippen molar-refractivity contribution in [1.29, 1.82) is 0 Å². The molecule has 0 fully saturated rings. The molecule has 0 amide bonds. The molecule has 0 atom stereocenters. The van der Waals surface area contributed by atoms with Crippen LogP contribution in [0.1, 0.15) is 11.1 Å². The monoisotopic (exact) mass is 376 g/mol. The molecule has 4 heterocycles. The zero-order valence-corrected chi connectivity index (χ0v) is 13.7. The number of halogens is 1. The van der Waals surface area contributed by atoms with Gasteiger partial charge in [-0.25, -0.2) is 4.98 Å². The van der Waals surface area contributed by atoms with Crippen molar-refractivity contribution in [2.45, 2.75) is 19.6 Å². The fourth-order valence-corrected chi connectivity index (χ4v) is 3.05. The largest absolute Gasteiger partial charge is 0.422 e. The van der Waals surface area contributed by atoms with E-state index in [1.54, 1.807) is 18.3 Å². The first-order valence-corrected chi connectivity index (χ1v) is 7.94. The summed E-state index contributed by atoms with van der Waals surface area (Å²) in [5, 5.41) is 9.02. The minimum absolute atomic E-state index is 0.0614. The van der Waals surface area contributed by atoms with Gasteiger partial charge in [0.15, 0.2) is 5.58 Å². The van der Waals surface area contributed by atoms with Crippen LogP contribution in [0.2, 0.25) is 0 Å². The van der Waals surface area contributed by atoms with Gasteiger partial charge in [-0.1, -0.05) is 0 Å². The van der Waals surface area contributed by atoms with Gasteiger partial charge in [0.1, 0.15) is 4.60 Å². The average Bonchev–Trinajstić information content (AvgIpc) is 3.10. The first-order chi connectivity index (χ1) is 11.1. The zero-order valence-electron chi connectivity index (χ0n) is 12.1. The molecule has 1 N–H and O–H groups in total. The van der Waals surface area contributed by atoms with Crippen LogP contribution in [0, 0.1) is 0 Å². The first-order valence-electron chi connectivity index (χ1n) is 7.15. The van der Waals surface area contributed by atoms with Crippen molar-refractivity contribution in [1.82, 2.24) is 14.5 Å². The van der Waals surface area contributed by atoms with Crippen molar-refractivity contribution < 1.29 is 9.52 Å². The molecule has 0 aromatic carbocycles. The Kier molecular flexibility index (Phi) is 3.42. The smallest absolute Gasteiger partial charge is 0.300 e. The number of anilines is 1. The molecule has 0 saturated carbocycles. The van der Waals surface area contributed by atoms with Crippen LogP contribution in [-0.2, 0) is 19.6 Å². The summed E-state index contributed by atoms with van der Waals surface area (Å²) in [4.78, 5) is 22.6. The summed E-state index contributed by atoms with van der Waals surface area (Å²) >= 11 is 3.31. The molecule has 1 aliphatic rings. The van der Waals surface area contributed by atoms with Gasteiger partial charge in [-0.15, -0.1) is 0 Å². The third kappa shape index (κ3) is 2.53. The molecule has 118 valence electrons. The lowest BCUT2D eigenvalue weighted by Crippen LogP contribution is -2.21. The summed E-state index contributed by atoms with van der Waals surface area (Å²) in [6.45, 7) is 1.41. The SMILES string of the molecule is O=c1cc2c(cn1CCO)CN(c1nc3nc(Br)ccc3o1)C2. The van der Waals surface area contributed by atoms with Gasteiger partial charge < -0.3 is 19.0 Å². The maximum absolute atomic E-state index is 12.0. The second kappa shape index (κ2) is 5.47. The quantitative estimate of drug-likeness (QED) is 0.699. The second-order valence-electron chi connectivity index (χ2n) is 5.39. The fourth-order valence-electron chi connectivity index (χ4n) is 2.75. The highest BCUT2D eigenvalue weighted by Crippen LogP contribution is 2.29. The Hall–Kier alpha value is -2.19. The van der Waals surface area contributed by atoms with E-state index in [4.69, 9.17) is 9.52 Å². The van der Waals surface area contributed by atoms with Gasteiger partial charge in [-0.05, 0) is 39.2 Å². The van der Waals surface area contributed by atoms with Gasteiger partial charge in [-0.2, -0.15) is 4.98 Å². The summed E-state index contributed by atoms with van der Waals surface area (Å²) in [7, 11) is 0. The number of oxazole rings is 1. The minimum Gasteiger partial charge on any atom is -0.422 e. The molecule has 7 nitrogen and oxygen atoms in total. The zero-order chi connectivity index (χ0) is 16.0. The summed E-state index contributed by atoms with van der Waals surface area (Å²) in [6.07, 6.45) is 1.80. The van der Waals surface area contributed by atoms with E-state index in [0.717, 1.165) is 11.1 Å². The molecule has 1 aliphatic heterocycles. The lowest BCUT2D eigenvalue weighted by atomic mass is 10.2. The lowest BCUT2D eigenvalue weighted by molar-refractivity contribution is 0.274. The molecule has 0 unspecified atom stereocenters. The van der Waals surface area contributed by atoms with Crippen LogP contribution in [-0.4, -0.2) is 26.2 Å². The summed E-state index contributed by atoms with van der Waals surface area (Å²) < 4.78 is 7.98. The molecule has 0 bridgehead atoms. The Morgan fingerprint density at radius 1 is 1.26 bits per heavy atom. The summed E-state index contributed by atoms with van der Waals surface area (Å²) in [5.74, 6) is 0. The van der Waals surface area contributed by atoms with Gasteiger partial charge in [0.25, 0.3) is 5.56 Å². The van der Waals surface area contributed by atoms with Crippen molar-refractivity contribution in [3.8, 4) is 0 Å². The Morgan fingerprint density at radius 3 is 2.91 bits per heavy atom. The minimum atomic E-state index is -0.109. The van der Waals surface area contributed by atoms with E-state index < -0.39 is 0 Å². The van der Waals surface area contributed by atoms with E-state index in [1.807, 2.05) is 11.0 Å². The van der Waals surface area contributed by atoms with Gasteiger partial charge in [0.2, 0.25) is 5.65 Å². The number of rotatable bonds is 3. The van der Waals surface area contributed by atoms with Crippen LogP contribution in [0.5, 0.6) is 0 Å². The number of aliphatic hydroxyl groups excluding tert-OH is 1. The van der Waals surface area contributed by atoms with Crippen molar-refractivity contribution in [2.75, 3.05) is 11.5 Å². The Bertz CT molecular complexity index is 950. The maximum atomic E-state index is 12.0. The molecule has 4 rings (SSSR count). The van der Waals surface area contributed by atoms with Crippen LogP contribution in [0.25, 0.3) is 11.2 Å². The van der Waals surface area contributed by atoms with E-state index >= 15 is 0 Å². The summed E-state index contributed by atoms with van der Waals surface area (Å²) in [5.41, 5.74) is 3.06. The van der Waals surface area contributed by atoms with Crippen molar-refractivity contribution in [3.05, 3.63) is 50.5 Å². The predicted molar refractivity (Wildman–Crippen MR) is 87.2 cm³/mol. The van der Waals surface area contributed by atoms with Crippen molar-refractivity contribution in [3.63, 3.8) is 0 Å². The van der Waals surface area contributed by atoms with E-state index in [1.165, 1.54) is 4.57 Å². The van der Waals surface area contributed by atoms with Crippen LogP contribution in [0.3, 0.4) is 0 Å². The first kappa shape index (κ1) is 14.4. The standard InChI is InChI=1S/C15H13BrN4O3/c16-12-2-1-11-14(17-12)18-15(23-11)20-6-9-5-13(22)19(3-4-21)7-10(9)8-20/h1-2,5,7,21H,3-4,6,8H2. The van der Waals surface area contributed by atoms with Gasteiger partial charge in [0, 0.05) is 31.9 Å². The second-order valence-corrected chi connectivity index (χ2v) is 6.20. The Balaban J connectivity index is 1.67. The van der Waals surface area contributed by atoms with E-state index in [9.17, 15) is 4.79 Å². The van der Waals surface area contributed by atoms with Crippen LogP contribution >= 0.6 is 15.9 Å². The Morgan fingerprint density at radius 2 is 2.09 bits per heavy atom. The van der Waals surface area contributed by atoms with Gasteiger partial charge in [0.05, 0.1) is 6.61 Å². The van der Waals surface area contributed by atoms with Crippen LogP contribution < -0.4 is 10.5 Å². The third-order valence-corrected chi connectivity index (χ3v) is 4.29. The lowest BCUT2D eigenvalue weighted by Gasteiger charge is -2.10. The number of aliphatic hydroxyl groups is 1. The van der Waals surface area contributed by atoms with Crippen molar-refractivity contribution in [2.24, 2.45) is 0 Å². The number of aromatic nitrogens is 3. The number of pyridine rings is 2. The molecule has 8 heteroatoms. The number of nitrogens with zero attached hydrogens (tertiary/aromatic N) is 4. The predicted octanol–water partition coefficient (Wildman–Crippen LogP) is 1.66. The van der Waals surface area contributed by atoms with Crippen molar-refractivity contribution >= 4 is 33.2 Å². The van der Waals surface area contributed by atoms with E-state index in [-0.39, 0.29) is 12.2 Å². The number of hydrogen-bond donors (Lipinski definition) is 1. The molecule has 3 aromatic heterocycles. The maximum Gasteiger partial charge on any atom is 0.300 e. The normalized spacial score (nSPS) is 13.7. The number of fused-ring (bicyclic) bond motifs is 2. The topological polar surface area (TPSA) is 84.4 Å². The van der Waals surface area contributed by atoms with E-state index in [0.29, 0.717) is 41.5 Å². The van der Waals surface area contributed by atoms with E-state index in [2.05, 4.69) is 25.9 Å². The molecular formula is C15H13BrN4O3. The third-order valence-electron chi connectivity index (χ3n) is 3.85. The average molecular weight is 377 g/mol. The highest BCUT2D eigenvalue weighted by molar-refractivity contribution is 9.10. The highest BCUT2D eigenvalue weighted by Gasteiger charge is 2.24. The van der Waals surface area contributed by atoms with Crippen LogP contribution in [0.15, 0.2) is 38.2 Å². The fraction of sp³-hybridized carbons (Fsp3) is 0.267. The van der Waals surface area contributed by atoms with Gasteiger partial charge >= 0.3 is 6.01 Å². The molecule has 0 aliphatic carbocycles. The Labute approximate surface area is 139 Å². The molecule has 0 saturated heterocycles. The highest BCUT2D eigenvalue weighted by atomic mass is 79.9. The summed E-state index contributed by atoms with van der Waals surface area (Å²) in [6, 6.07) is 5.72. The number of hydrogen-bond acceptors (Lipinski definition) is 6. The molecule has 0 radical (unpaired) electrons. The van der Waals surface area contributed by atoms with Gasteiger partial charge in [-0.3, -0.25) is 4.79 Å². The van der Waals surface area contributed by atoms with Crippen LogP contribution in [0.4, 0.5) is 6.01 Å². The molecule has 23 heavy (non-hydrogen) atoms.